The highest BCUT2D eigenvalue weighted by atomic mass is 35.5. The van der Waals surface area contributed by atoms with Gasteiger partial charge in [0.15, 0.2) is 11.8 Å². The number of aliphatic hydroxyl groups excluding tert-OH is 1. The van der Waals surface area contributed by atoms with Crippen molar-refractivity contribution in [1.82, 2.24) is 0 Å². The Morgan fingerprint density at radius 1 is 1.22 bits per heavy atom. The van der Waals surface area contributed by atoms with Gasteiger partial charge in [0.2, 0.25) is 0 Å². The van der Waals surface area contributed by atoms with Crippen LogP contribution in [0.2, 0.25) is 0 Å². The Balaban J connectivity index is 0.00000289. The van der Waals surface area contributed by atoms with Gasteiger partial charge in [0, 0.05) is 11.1 Å². The Hall–Kier alpha value is -1.15. The number of halogens is 4. The van der Waals surface area contributed by atoms with Crippen molar-refractivity contribution in [3.05, 3.63) is 35.4 Å². The molecule has 1 rings (SSSR count). The molecule has 18 heavy (non-hydrogen) atoms. The Morgan fingerprint density at radius 3 is 2.00 bits per heavy atom. The van der Waals surface area contributed by atoms with Gasteiger partial charge in [-0.05, 0) is 0 Å². The van der Waals surface area contributed by atoms with E-state index in [1.54, 1.807) is 0 Å². The molecular weight excluding hydrogens is 275 g/mol. The van der Waals surface area contributed by atoms with E-state index in [2.05, 4.69) is 0 Å². The van der Waals surface area contributed by atoms with Gasteiger partial charge < -0.3 is 10.2 Å². The van der Waals surface area contributed by atoms with E-state index in [1.807, 2.05) is 0 Å². The van der Waals surface area contributed by atoms with Gasteiger partial charge in [0.05, 0.1) is 0 Å². The summed E-state index contributed by atoms with van der Waals surface area (Å²) >= 11 is 0. The number of hydrogen-bond acceptors (Lipinski definition) is 4. The number of alkyl halides is 3. The maximum atomic E-state index is 12.2. The van der Waals surface area contributed by atoms with E-state index in [9.17, 15) is 23.1 Å². The molecule has 0 saturated carbocycles. The van der Waals surface area contributed by atoms with Crippen LogP contribution in [0.5, 0.6) is 0 Å². The molecule has 0 fully saturated rings. The van der Waals surface area contributed by atoms with Crippen LogP contribution in [0.3, 0.4) is 0 Å². The zero-order chi connectivity index (χ0) is 13.3. The minimum atomic E-state index is -5.05. The predicted octanol–water partition coefficient (Wildman–Crippen LogP) is 0.948. The van der Waals surface area contributed by atoms with Crippen molar-refractivity contribution in [3.63, 3.8) is 0 Å². The van der Waals surface area contributed by atoms with Gasteiger partial charge in [-0.2, -0.15) is 13.2 Å². The molecule has 0 bridgehead atoms. The molecule has 4 N–H and O–H groups in total. The summed E-state index contributed by atoms with van der Waals surface area (Å²) in [4.78, 5) is 10.3. The van der Waals surface area contributed by atoms with Crippen molar-refractivity contribution in [2.24, 2.45) is 5.73 Å². The summed E-state index contributed by atoms with van der Waals surface area (Å²) in [7, 11) is 0. The highest BCUT2D eigenvalue weighted by Crippen LogP contribution is 2.31. The smallest absolute Gasteiger partial charge is 0.380 e. The molecule has 0 unspecified atom stereocenters. The lowest BCUT2D eigenvalue weighted by Gasteiger charge is -2.30. The second-order valence-corrected chi connectivity index (χ2v) is 3.51. The van der Waals surface area contributed by atoms with Crippen LogP contribution in [0, 0.1) is 0 Å². The van der Waals surface area contributed by atoms with Crippen LogP contribution in [-0.2, 0) is 5.72 Å². The highest BCUT2D eigenvalue weighted by Gasteiger charge is 2.51. The lowest BCUT2D eigenvalue weighted by molar-refractivity contribution is -0.259. The molecule has 0 spiro atoms. The van der Waals surface area contributed by atoms with E-state index in [-0.39, 0.29) is 23.5 Å². The number of nitrogens with two attached hydrogens (primary N) is 1. The van der Waals surface area contributed by atoms with Crippen LogP contribution in [-0.4, -0.2) is 28.8 Å². The average Bonchev–Trinajstić information content (AvgIpc) is 2.27. The summed E-state index contributed by atoms with van der Waals surface area (Å²) in [6.45, 7) is 0. The largest absolute Gasteiger partial charge is 0.418 e. The fourth-order valence-corrected chi connectivity index (χ4v) is 1.24. The van der Waals surface area contributed by atoms with E-state index in [0.29, 0.717) is 6.29 Å². The molecule has 0 aliphatic carbocycles. The summed E-state index contributed by atoms with van der Waals surface area (Å²) in [6, 6.07) is 4.45. The molecule has 0 aliphatic heterocycles. The van der Waals surface area contributed by atoms with Crippen molar-refractivity contribution in [1.29, 1.82) is 0 Å². The Labute approximate surface area is 107 Å². The standard InChI is InChI=1S/C10H10F3NO3.ClH/c11-10(12,13)8(16)9(14,17)7-3-1-6(5-15)2-4-7;/h1-5,8,16-17H,14H2;1H/t8-,9+;/m1./s1. The van der Waals surface area contributed by atoms with E-state index >= 15 is 0 Å². The first-order valence-corrected chi connectivity index (χ1v) is 4.51. The number of carbonyl (C=O) groups is 1. The summed E-state index contributed by atoms with van der Waals surface area (Å²) in [6.07, 6.45) is -7.68. The first kappa shape index (κ1) is 16.9. The maximum absolute atomic E-state index is 12.2. The minimum absolute atomic E-state index is 0. The monoisotopic (exact) mass is 285 g/mol. The fourth-order valence-electron chi connectivity index (χ4n) is 1.24. The van der Waals surface area contributed by atoms with Crippen molar-refractivity contribution in [3.8, 4) is 0 Å². The van der Waals surface area contributed by atoms with Crippen LogP contribution in [0.4, 0.5) is 13.2 Å². The van der Waals surface area contributed by atoms with E-state index in [0.717, 1.165) is 12.1 Å². The van der Waals surface area contributed by atoms with Gasteiger partial charge in [-0.15, -0.1) is 12.4 Å². The molecule has 0 aromatic heterocycles. The SMILES string of the molecule is Cl.N[C@](O)(c1ccc(C=O)cc1)[C@@H](O)C(F)(F)F. The Bertz CT molecular complexity index is 406. The third-order valence-electron chi connectivity index (χ3n) is 2.24. The summed E-state index contributed by atoms with van der Waals surface area (Å²) in [5.74, 6) is 0. The van der Waals surface area contributed by atoms with Gasteiger partial charge in [0.1, 0.15) is 6.29 Å². The second-order valence-electron chi connectivity index (χ2n) is 3.51. The predicted molar refractivity (Wildman–Crippen MR) is 59.2 cm³/mol. The summed E-state index contributed by atoms with van der Waals surface area (Å²) in [5.41, 5.74) is 1.97. The van der Waals surface area contributed by atoms with Gasteiger partial charge in [0.25, 0.3) is 0 Å². The third kappa shape index (κ3) is 3.42. The van der Waals surface area contributed by atoms with Crippen LogP contribution in [0.15, 0.2) is 24.3 Å². The van der Waals surface area contributed by atoms with Crippen molar-refractivity contribution in [2.45, 2.75) is 18.0 Å². The number of hydrogen-bond donors (Lipinski definition) is 3. The number of carbonyl (C=O) groups excluding carboxylic acids is 1. The number of aliphatic hydroxyl groups is 2. The molecule has 8 heteroatoms. The Morgan fingerprint density at radius 2 is 1.67 bits per heavy atom. The van der Waals surface area contributed by atoms with Crippen LogP contribution < -0.4 is 5.73 Å². The van der Waals surface area contributed by atoms with Gasteiger partial charge >= 0.3 is 6.18 Å². The molecule has 4 nitrogen and oxygen atoms in total. The van der Waals surface area contributed by atoms with Crippen LogP contribution >= 0.6 is 12.4 Å². The number of benzene rings is 1. The van der Waals surface area contributed by atoms with E-state index in [4.69, 9.17) is 10.8 Å². The maximum Gasteiger partial charge on any atom is 0.418 e. The lowest BCUT2D eigenvalue weighted by atomic mass is 9.96. The molecule has 2 atom stereocenters. The normalized spacial score (nSPS) is 16.3. The fraction of sp³-hybridized carbons (Fsp3) is 0.300. The molecule has 0 aliphatic rings. The van der Waals surface area contributed by atoms with Crippen LogP contribution in [0.25, 0.3) is 0 Å². The quantitative estimate of drug-likeness (QED) is 0.570. The van der Waals surface area contributed by atoms with Crippen LogP contribution in [0.1, 0.15) is 15.9 Å². The zero-order valence-electron chi connectivity index (χ0n) is 8.89. The van der Waals surface area contributed by atoms with Crippen molar-refractivity contribution >= 4 is 18.7 Å². The zero-order valence-corrected chi connectivity index (χ0v) is 9.70. The second kappa shape index (κ2) is 5.66. The van der Waals surface area contributed by atoms with Crippen molar-refractivity contribution < 1.29 is 28.2 Å². The first-order chi connectivity index (χ1) is 7.69. The summed E-state index contributed by atoms with van der Waals surface area (Å²) in [5, 5.41) is 18.4. The van der Waals surface area contributed by atoms with Gasteiger partial charge in [-0.25, -0.2) is 0 Å². The van der Waals surface area contributed by atoms with E-state index in [1.165, 1.54) is 12.1 Å². The summed E-state index contributed by atoms with van der Waals surface area (Å²) < 4.78 is 36.7. The molecule has 0 amide bonds. The molecule has 0 saturated heterocycles. The molecule has 0 heterocycles. The minimum Gasteiger partial charge on any atom is -0.380 e. The van der Waals surface area contributed by atoms with Crippen molar-refractivity contribution in [2.75, 3.05) is 0 Å². The highest BCUT2D eigenvalue weighted by molar-refractivity contribution is 5.85. The lowest BCUT2D eigenvalue weighted by Crippen LogP contribution is -2.54. The molecule has 1 aromatic rings. The average molecular weight is 286 g/mol. The van der Waals surface area contributed by atoms with Gasteiger partial charge in [-0.3, -0.25) is 10.5 Å². The van der Waals surface area contributed by atoms with E-state index < -0.39 is 18.0 Å². The topological polar surface area (TPSA) is 83.5 Å². The number of rotatable bonds is 3. The number of aldehydes is 1. The third-order valence-corrected chi connectivity index (χ3v) is 2.24. The van der Waals surface area contributed by atoms with Gasteiger partial charge in [-0.1, -0.05) is 24.3 Å². The molecular formula is C10H11ClF3NO3. The molecule has 0 radical (unpaired) electrons. The molecule has 102 valence electrons. The molecule has 1 aromatic carbocycles. The first-order valence-electron chi connectivity index (χ1n) is 4.51. The Kier molecular flexibility index (Phi) is 5.30.